The molecule has 2 atom stereocenters. The second-order valence-electron chi connectivity index (χ2n) is 4.43. The largest absolute Gasteiger partial charge is 0.314 e. The minimum Gasteiger partial charge on any atom is -0.314 e. The minimum atomic E-state index is -1.47. The van der Waals surface area contributed by atoms with Gasteiger partial charge in [-0.05, 0) is 44.0 Å². The zero-order valence-corrected chi connectivity index (χ0v) is 12.2. The summed E-state index contributed by atoms with van der Waals surface area (Å²) < 4.78 is 38.4. The van der Waals surface area contributed by atoms with Gasteiger partial charge in [-0.25, -0.2) is 8.78 Å². The van der Waals surface area contributed by atoms with Crippen LogP contribution in [0.1, 0.15) is 33.1 Å². The van der Waals surface area contributed by atoms with E-state index < -0.39 is 22.4 Å². The highest BCUT2D eigenvalue weighted by atomic mass is 32.2. The standard InChI is InChI=1S/C14H21F2NOS/c1-3-12(17-4-2)6-5-9-19(18)14-10-11(15)7-8-13(14)16/h7-8,10,12,17H,3-6,9H2,1-2H3. The van der Waals surface area contributed by atoms with Crippen molar-refractivity contribution in [3.05, 3.63) is 29.8 Å². The van der Waals surface area contributed by atoms with Crippen LogP contribution in [0.5, 0.6) is 0 Å². The summed E-state index contributed by atoms with van der Waals surface area (Å²) in [6, 6.07) is 3.48. The lowest BCUT2D eigenvalue weighted by Crippen LogP contribution is -2.28. The fourth-order valence-electron chi connectivity index (χ4n) is 1.96. The topological polar surface area (TPSA) is 29.1 Å². The molecule has 1 rings (SSSR count). The Labute approximate surface area is 116 Å². The highest BCUT2D eigenvalue weighted by Crippen LogP contribution is 2.15. The highest BCUT2D eigenvalue weighted by Gasteiger charge is 2.12. The molecule has 0 aliphatic carbocycles. The normalized spacial score (nSPS) is 14.3. The Morgan fingerprint density at radius 2 is 2.05 bits per heavy atom. The van der Waals surface area contributed by atoms with Crippen LogP contribution in [0, 0.1) is 11.6 Å². The number of nitrogens with one attached hydrogen (secondary N) is 1. The molecule has 0 aliphatic heterocycles. The van der Waals surface area contributed by atoms with Gasteiger partial charge in [-0.2, -0.15) is 0 Å². The molecule has 1 aromatic carbocycles. The molecule has 19 heavy (non-hydrogen) atoms. The van der Waals surface area contributed by atoms with Crippen LogP contribution in [-0.4, -0.2) is 22.5 Å². The van der Waals surface area contributed by atoms with E-state index in [1.165, 1.54) is 0 Å². The quantitative estimate of drug-likeness (QED) is 0.796. The molecule has 0 saturated carbocycles. The molecule has 0 saturated heterocycles. The van der Waals surface area contributed by atoms with Gasteiger partial charge < -0.3 is 5.32 Å². The Morgan fingerprint density at radius 3 is 2.68 bits per heavy atom. The first kappa shape index (κ1) is 16.2. The molecule has 5 heteroatoms. The molecule has 0 amide bonds. The first-order valence-corrected chi connectivity index (χ1v) is 7.97. The summed E-state index contributed by atoms with van der Waals surface area (Å²) >= 11 is 0. The lowest BCUT2D eigenvalue weighted by Gasteiger charge is -2.15. The van der Waals surface area contributed by atoms with Gasteiger partial charge in [-0.1, -0.05) is 13.8 Å². The number of halogens is 2. The predicted octanol–water partition coefficient (Wildman–Crippen LogP) is 3.24. The molecule has 0 heterocycles. The van der Waals surface area contributed by atoms with Gasteiger partial charge in [0, 0.05) is 11.8 Å². The van der Waals surface area contributed by atoms with E-state index in [1.54, 1.807) is 0 Å². The van der Waals surface area contributed by atoms with Gasteiger partial charge in [0.05, 0.1) is 15.7 Å². The molecule has 2 nitrogen and oxygen atoms in total. The van der Waals surface area contributed by atoms with E-state index in [0.29, 0.717) is 11.8 Å². The number of benzene rings is 1. The van der Waals surface area contributed by atoms with Crippen molar-refractivity contribution in [1.29, 1.82) is 0 Å². The second kappa shape index (κ2) is 8.38. The van der Waals surface area contributed by atoms with Crippen molar-refractivity contribution in [2.45, 2.75) is 44.0 Å². The molecular formula is C14H21F2NOS. The fraction of sp³-hybridized carbons (Fsp3) is 0.571. The third-order valence-corrected chi connectivity index (χ3v) is 4.47. The summed E-state index contributed by atoms with van der Waals surface area (Å²) in [5.74, 6) is -0.787. The molecule has 1 aromatic rings. The van der Waals surface area contributed by atoms with Crippen LogP contribution in [0.15, 0.2) is 23.1 Å². The van der Waals surface area contributed by atoms with Gasteiger partial charge in [0.25, 0.3) is 0 Å². The Bertz CT molecular complexity index is 426. The molecule has 108 valence electrons. The number of hydrogen-bond donors (Lipinski definition) is 1. The molecule has 2 unspecified atom stereocenters. The summed E-state index contributed by atoms with van der Waals surface area (Å²) in [6.07, 6.45) is 2.63. The summed E-state index contributed by atoms with van der Waals surface area (Å²) in [5, 5.41) is 3.33. The van der Waals surface area contributed by atoms with Crippen molar-refractivity contribution >= 4 is 10.8 Å². The molecule has 0 bridgehead atoms. The number of rotatable bonds is 8. The van der Waals surface area contributed by atoms with Crippen LogP contribution in [-0.2, 0) is 10.8 Å². The van der Waals surface area contributed by atoms with E-state index in [9.17, 15) is 13.0 Å². The van der Waals surface area contributed by atoms with Crippen LogP contribution in [0.4, 0.5) is 8.78 Å². The number of hydrogen-bond acceptors (Lipinski definition) is 2. The summed E-state index contributed by atoms with van der Waals surface area (Å²) in [7, 11) is -1.47. The van der Waals surface area contributed by atoms with Crippen molar-refractivity contribution in [1.82, 2.24) is 5.32 Å². The van der Waals surface area contributed by atoms with E-state index in [1.807, 2.05) is 6.92 Å². The summed E-state index contributed by atoms with van der Waals surface area (Å²) in [6.45, 7) is 5.04. The SMILES string of the molecule is CCNC(CC)CCCS(=O)c1cc(F)ccc1F. The Hall–Kier alpha value is -0.810. The minimum absolute atomic E-state index is 0.0310. The molecule has 0 spiro atoms. The molecule has 0 radical (unpaired) electrons. The maximum atomic E-state index is 13.4. The first-order valence-electron chi connectivity index (χ1n) is 6.65. The smallest absolute Gasteiger partial charge is 0.139 e. The van der Waals surface area contributed by atoms with Gasteiger partial charge in [-0.15, -0.1) is 0 Å². The maximum Gasteiger partial charge on any atom is 0.139 e. The van der Waals surface area contributed by atoms with E-state index in [0.717, 1.165) is 44.0 Å². The summed E-state index contributed by atoms with van der Waals surface area (Å²) in [4.78, 5) is -0.0310. The second-order valence-corrected chi connectivity index (χ2v) is 5.97. The maximum absolute atomic E-state index is 13.4. The zero-order valence-electron chi connectivity index (χ0n) is 11.4. The van der Waals surface area contributed by atoms with E-state index in [2.05, 4.69) is 12.2 Å². The third-order valence-electron chi connectivity index (χ3n) is 3.01. The zero-order chi connectivity index (χ0) is 14.3. The molecule has 0 aromatic heterocycles. The van der Waals surface area contributed by atoms with Crippen molar-refractivity contribution in [3.8, 4) is 0 Å². The Balaban J connectivity index is 2.49. The van der Waals surface area contributed by atoms with Crippen LogP contribution in [0.2, 0.25) is 0 Å². The predicted molar refractivity (Wildman–Crippen MR) is 74.6 cm³/mol. The molecule has 0 aliphatic rings. The lowest BCUT2D eigenvalue weighted by atomic mass is 10.1. The first-order chi connectivity index (χ1) is 9.08. The van der Waals surface area contributed by atoms with Gasteiger partial charge in [0.2, 0.25) is 0 Å². The average Bonchev–Trinajstić information content (AvgIpc) is 2.40. The summed E-state index contributed by atoms with van der Waals surface area (Å²) in [5.41, 5.74) is 0. The van der Waals surface area contributed by atoms with E-state index >= 15 is 0 Å². The van der Waals surface area contributed by atoms with Gasteiger partial charge in [0.1, 0.15) is 11.6 Å². The van der Waals surface area contributed by atoms with E-state index in [-0.39, 0.29) is 4.90 Å². The average molecular weight is 289 g/mol. The lowest BCUT2D eigenvalue weighted by molar-refractivity contribution is 0.476. The van der Waals surface area contributed by atoms with Crippen LogP contribution in [0.25, 0.3) is 0 Å². The fourth-order valence-corrected chi connectivity index (χ4v) is 3.14. The Morgan fingerprint density at radius 1 is 1.32 bits per heavy atom. The van der Waals surface area contributed by atoms with Crippen molar-refractivity contribution in [2.75, 3.05) is 12.3 Å². The molecular weight excluding hydrogens is 268 g/mol. The van der Waals surface area contributed by atoms with E-state index in [4.69, 9.17) is 0 Å². The van der Waals surface area contributed by atoms with Crippen LogP contribution in [0.3, 0.4) is 0 Å². The van der Waals surface area contributed by atoms with Crippen molar-refractivity contribution < 1.29 is 13.0 Å². The monoisotopic (exact) mass is 289 g/mol. The van der Waals surface area contributed by atoms with Crippen LogP contribution < -0.4 is 5.32 Å². The van der Waals surface area contributed by atoms with Crippen molar-refractivity contribution in [2.24, 2.45) is 0 Å². The third kappa shape index (κ3) is 5.37. The molecule has 1 N–H and O–H groups in total. The van der Waals surface area contributed by atoms with Gasteiger partial charge in [-0.3, -0.25) is 4.21 Å². The Kier molecular flexibility index (Phi) is 7.16. The highest BCUT2D eigenvalue weighted by molar-refractivity contribution is 7.85. The van der Waals surface area contributed by atoms with Gasteiger partial charge >= 0.3 is 0 Å². The van der Waals surface area contributed by atoms with Crippen molar-refractivity contribution in [3.63, 3.8) is 0 Å². The van der Waals surface area contributed by atoms with Crippen LogP contribution >= 0.6 is 0 Å². The van der Waals surface area contributed by atoms with Gasteiger partial charge in [0.15, 0.2) is 0 Å². The molecule has 0 fully saturated rings.